The molecule has 6 heteroatoms. The highest BCUT2D eigenvalue weighted by Gasteiger charge is 2.27. The first-order chi connectivity index (χ1) is 6.65. The van der Waals surface area contributed by atoms with Crippen molar-refractivity contribution in [3.63, 3.8) is 0 Å². The van der Waals surface area contributed by atoms with Crippen molar-refractivity contribution >= 4 is 12.0 Å². The van der Waals surface area contributed by atoms with Gasteiger partial charge in [0.1, 0.15) is 0 Å². The molecule has 0 unspecified atom stereocenters. The van der Waals surface area contributed by atoms with Crippen molar-refractivity contribution < 1.29 is 15.1 Å². The van der Waals surface area contributed by atoms with Crippen molar-refractivity contribution in [2.45, 2.75) is 31.7 Å². The summed E-state index contributed by atoms with van der Waals surface area (Å²) in [4.78, 5) is 10.6. The van der Waals surface area contributed by atoms with Gasteiger partial charge in [-0.05, 0) is 25.7 Å². The molecule has 0 bridgehead atoms. The van der Waals surface area contributed by atoms with E-state index in [0.717, 1.165) is 0 Å². The molecule has 0 heterocycles. The highest BCUT2D eigenvalue weighted by Crippen LogP contribution is 2.26. The van der Waals surface area contributed by atoms with Crippen LogP contribution < -0.4 is 0 Å². The monoisotopic (exact) mass is 198 g/mol. The number of aliphatic carboxylic acids is 1. The van der Waals surface area contributed by atoms with Crippen LogP contribution in [0.25, 0.3) is 5.41 Å². The quantitative estimate of drug-likeness (QED) is 0.522. The summed E-state index contributed by atoms with van der Waals surface area (Å²) in [5, 5.41) is 29.9. The zero-order valence-corrected chi connectivity index (χ0v) is 7.63. The van der Waals surface area contributed by atoms with Gasteiger partial charge in [-0.25, -0.2) is 0 Å². The Kier molecular flexibility index (Phi) is 3.62. The first-order valence-corrected chi connectivity index (χ1v) is 4.45. The Morgan fingerprint density at radius 1 is 1.43 bits per heavy atom. The average molecular weight is 198 g/mol. The van der Waals surface area contributed by atoms with Crippen molar-refractivity contribution in [3.05, 3.63) is 5.41 Å². The summed E-state index contributed by atoms with van der Waals surface area (Å²) in [6.07, 6.45) is 2.16. The molecule has 14 heavy (non-hydrogen) atoms. The lowest BCUT2D eigenvalue weighted by Gasteiger charge is -2.32. The molecule has 2 N–H and O–H groups in total. The molecular weight excluding hydrogens is 186 g/mol. The molecule has 78 valence electrons. The summed E-state index contributed by atoms with van der Waals surface area (Å²) >= 11 is 0. The Morgan fingerprint density at radius 3 is 2.43 bits per heavy atom. The maximum absolute atomic E-state index is 10.6. The van der Waals surface area contributed by atoms with Crippen molar-refractivity contribution in [3.8, 4) is 0 Å². The van der Waals surface area contributed by atoms with Gasteiger partial charge in [-0.15, -0.1) is 6.01 Å². The molecule has 1 saturated carbocycles. The first-order valence-electron chi connectivity index (χ1n) is 4.45. The molecule has 0 saturated heterocycles. The molecule has 0 amide bonds. The smallest absolute Gasteiger partial charge is 0.306 e. The van der Waals surface area contributed by atoms with Crippen LogP contribution in [0.15, 0.2) is 5.10 Å². The highest BCUT2D eigenvalue weighted by atomic mass is 16.5. The van der Waals surface area contributed by atoms with Gasteiger partial charge in [-0.3, -0.25) is 15.2 Å². The lowest BCUT2D eigenvalue weighted by atomic mass is 9.86. The molecule has 1 aliphatic carbocycles. The predicted molar refractivity (Wildman–Crippen MR) is 47.8 cm³/mol. The van der Waals surface area contributed by atoms with Crippen molar-refractivity contribution in [1.82, 2.24) is 5.17 Å². The Hall–Kier alpha value is -1.39. The molecule has 1 fully saturated rings. The van der Waals surface area contributed by atoms with E-state index in [1.807, 2.05) is 0 Å². The maximum atomic E-state index is 10.6. The molecule has 0 aliphatic heterocycles. The number of carboxylic acid groups (broad SMARTS) is 1. The summed E-state index contributed by atoms with van der Waals surface area (Å²) in [6, 6.07) is 1.27. The second-order valence-corrected chi connectivity index (χ2v) is 3.36. The van der Waals surface area contributed by atoms with Gasteiger partial charge in [-0.1, -0.05) is 0 Å². The van der Waals surface area contributed by atoms with Crippen LogP contribution in [0.4, 0.5) is 0 Å². The molecule has 0 spiro atoms. The third-order valence-corrected chi connectivity index (χ3v) is 2.52. The van der Waals surface area contributed by atoms with Crippen molar-refractivity contribution in [2.75, 3.05) is 0 Å². The normalized spacial score (nSPS) is 26.4. The number of carboxylic acids is 1. The van der Waals surface area contributed by atoms with Crippen LogP contribution in [-0.4, -0.2) is 33.5 Å². The van der Waals surface area contributed by atoms with Crippen LogP contribution in [0.2, 0.25) is 0 Å². The van der Waals surface area contributed by atoms with Gasteiger partial charge < -0.3 is 15.6 Å². The molecule has 0 atom stereocenters. The number of nitrogens with zero attached hydrogens (tertiary/aromatic N) is 3. The van der Waals surface area contributed by atoms with E-state index in [-0.39, 0.29) is 12.0 Å². The minimum absolute atomic E-state index is 0.217. The molecule has 0 radical (unpaired) electrons. The standard InChI is InChI=1S/C8H12N3O3/c9-5-10-11(14)7-3-1-6(2-4-7)8(12)13/h6-7,14H,1-4H2,(H,12,13)/q-1. The number of carbonyl (C=O) groups is 1. The van der Waals surface area contributed by atoms with E-state index in [0.29, 0.717) is 30.9 Å². The Labute approximate surface area is 81.3 Å². The van der Waals surface area contributed by atoms with E-state index in [9.17, 15) is 10.0 Å². The molecule has 6 nitrogen and oxygen atoms in total. The molecule has 0 aromatic carbocycles. The number of hydrogen-bond acceptors (Lipinski definition) is 4. The number of hydrogen-bond donors (Lipinski definition) is 2. The van der Waals surface area contributed by atoms with E-state index in [1.54, 1.807) is 0 Å². The fraction of sp³-hybridized carbons (Fsp3) is 0.750. The summed E-state index contributed by atoms with van der Waals surface area (Å²) in [5.41, 5.74) is 0. The third-order valence-electron chi connectivity index (χ3n) is 2.52. The lowest BCUT2D eigenvalue weighted by Crippen LogP contribution is -2.33. The Morgan fingerprint density at radius 2 is 2.00 bits per heavy atom. The molecule has 0 aromatic heterocycles. The summed E-state index contributed by atoms with van der Waals surface area (Å²) in [6.45, 7) is 0. The second-order valence-electron chi connectivity index (χ2n) is 3.36. The summed E-state index contributed by atoms with van der Waals surface area (Å²) in [7, 11) is 0. The number of hydrazone groups is 1. The molecule has 0 aromatic rings. The summed E-state index contributed by atoms with van der Waals surface area (Å²) in [5.74, 6) is -1.10. The minimum Gasteiger partial charge on any atom is -0.481 e. The fourth-order valence-electron chi connectivity index (χ4n) is 1.68. The zero-order chi connectivity index (χ0) is 10.6. The van der Waals surface area contributed by atoms with Crippen LogP contribution in [0.5, 0.6) is 0 Å². The van der Waals surface area contributed by atoms with Crippen molar-refractivity contribution in [1.29, 1.82) is 0 Å². The fourth-order valence-corrected chi connectivity index (χ4v) is 1.68. The second kappa shape index (κ2) is 4.74. The van der Waals surface area contributed by atoms with Crippen LogP contribution >= 0.6 is 0 Å². The van der Waals surface area contributed by atoms with Gasteiger partial charge in [0.15, 0.2) is 0 Å². The van der Waals surface area contributed by atoms with E-state index in [2.05, 4.69) is 5.10 Å². The van der Waals surface area contributed by atoms with E-state index in [4.69, 9.17) is 10.5 Å². The van der Waals surface area contributed by atoms with Crippen LogP contribution in [0, 0.1) is 5.92 Å². The largest absolute Gasteiger partial charge is 0.481 e. The van der Waals surface area contributed by atoms with Gasteiger partial charge in [0, 0.05) is 0 Å². The van der Waals surface area contributed by atoms with E-state index >= 15 is 0 Å². The van der Waals surface area contributed by atoms with Gasteiger partial charge in [0.05, 0.1) is 12.0 Å². The van der Waals surface area contributed by atoms with Gasteiger partial charge in [-0.2, -0.15) is 0 Å². The van der Waals surface area contributed by atoms with Gasteiger partial charge in [0.25, 0.3) is 0 Å². The Bertz CT molecular complexity index is 255. The molecular formula is C8H12N3O3-. The minimum atomic E-state index is -0.787. The van der Waals surface area contributed by atoms with Crippen LogP contribution in [-0.2, 0) is 4.79 Å². The van der Waals surface area contributed by atoms with E-state index in [1.165, 1.54) is 6.01 Å². The van der Waals surface area contributed by atoms with Gasteiger partial charge in [0.2, 0.25) is 0 Å². The Balaban J connectivity index is 2.42. The van der Waals surface area contributed by atoms with Crippen molar-refractivity contribution in [2.24, 2.45) is 11.0 Å². The maximum Gasteiger partial charge on any atom is 0.306 e. The zero-order valence-electron chi connectivity index (χ0n) is 7.63. The SMILES string of the molecule is [N-]=C=NN(O)C1CCC(C(=O)O)CC1. The predicted octanol–water partition coefficient (Wildman–Crippen LogP) is 0.979. The van der Waals surface area contributed by atoms with Crippen LogP contribution in [0.1, 0.15) is 25.7 Å². The van der Waals surface area contributed by atoms with E-state index < -0.39 is 5.97 Å². The lowest BCUT2D eigenvalue weighted by molar-refractivity contribution is -0.151. The highest BCUT2D eigenvalue weighted by molar-refractivity contribution is 5.70. The average Bonchev–Trinajstić information content (AvgIpc) is 2.18. The summed E-state index contributed by atoms with van der Waals surface area (Å²) < 4.78 is 0. The molecule has 1 rings (SSSR count). The number of rotatable bonds is 3. The first kappa shape index (κ1) is 10.7. The topological polar surface area (TPSA) is 95.4 Å². The number of hydroxylamine groups is 1. The molecule has 1 aliphatic rings. The van der Waals surface area contributed by atoms with Gasteiger partial charge >= 0.3 is 5.97 Å². The third kappa shape index (κ3) is 2.55. The van der Waals surface area contributed by atoms with Crippen LogP contribution in [0.3, 0.4) is 0 Å².